The number of hydrogen-bond donors (Lipinski definition) is 1. The Kier molecular flexibility index (Phi) is 7.91. The highest BCUT2D eigenvalue weighted by atomic mass is 32.1. The fourth-order valence-electron chi connectivity index (χ4n) is 3.31. The number of rotatable bonds is 5. The first-order valence-corrected chi connectivity index (χ1v) is 10.8. The van der Waals surface area contributed by atoms with Gasteiger partial charge in [0.1, 0.15) is 5.69 Å². The van der Waals surface area contributed by atoms with Crippen LogP contribution in [0, 0.1) is 12.8 Å². The van der Waals surface area contributed by atoms with Crippen molar-refractivity contribution in [2.45, 2.75) is 39.0 Å². The molecular formula is C20H23F3N6O2S. The minimum absolute atomic E-state index is 0.665. The molecule has 1 N–H and O–H groups in total. The van der Waals surface area contributed by atoms with E-state index in [2.05, 4.69) is 32.1 Å². The second-order valence-electron chi connectivity index (χ2n) is 7.41. The van der Waals surface area contributed by atoms with E-state index in [-0.39, 0.29) is 0 Å². The summed E-state index contributed by atoms with van der Waals surface area (Å²) in [6.45, 7) is 6.32. The molecule has 0 bridgehead atoms. The van der Waals surface area contributed by atoms with E-state index in [4.69, 9.17) is 9.90 Å². The lowest BCUT2D eigenvalue weighted by Crippen LogP contribution is -2.34. The molecule has 3 aromatic heterocycles. The van der Waals surface area contributed by atoms with Gasteiger partial charge in [-0.25, -0.2) is 9.78 Å². The monoisotopic (exact) mass is 468 g/mol. The van der Waals surface area contributed by atoms with Crippen molar-refractivity contribution in [1.82, 2.24) is 29.9 Å². The SMILES string of the molecule is Cc1ncc(CN2CCC(Cn3cc(-c4ccccn4)nn3)CC2)s1.O=C(O)C(F)(F)F. The lowest BCUT2D eigenvalue weighted by atomic mass is 9.97. The third kappa shape index (κ3) is 7.09. The van der Waals surface area contributed by atoms with Crippen LogP contribution in [-0.2, 0) is 17.9 Å². The van der Waals surface area contributed by atoms with Crippen molar-refractivity contribution in [2.24, 2.45) is 5.92 Å². The Hall–Kier alpha value is -2.86. The minimum Gasteiger partial charge on any atom is -0.475 e. The Labute approximate surface area is 186 Å². The van der Waals surface area contributed by atoms with Crippen LogP contribution in [0.3, 0.4) is 0 Å². The molecule has 0 aromatic carbocycles. The Morgan fingerprint density at radius 3 is 2.50 bits per heavy atom. The van der Waals surface area contributed by atoms with Gasteiger partial charge in [-0.2, -0.15) is 13.2 Å². The number of alkyl halides is 3. The topological polar surface area (TPSA) is 97.0 Å². The predicted octanol–water partition coefficient (Wildman–Crippen LogP) is 3.65. The molecule has 1 aliphatic heterocycles. The number of aromatic nitrogens is 5. The van der Waals surface area contributed by atoms with Crippen LogP contribution in [-0.4, -0.2) is 60.2 Å². The molecule has 0 amide bonds. The molecule has 172 valence electrons. The first-order chi connectivity index (χ1) is 15.2. The minimum atomic E-state index is -5.08. The maximum absolute atomic E-state index is 10.6. The number of aryl methyl sites for hydroxylation is 1. The maximum Gasteiger partial charge on any atom is 0.490 e. The second-order valence-corrected chi connectivity index (χ2v) is 8.73. The number of halogens is 3. The fraction of sp³-hybridized carbons (Fsp3) is 0.450. The van der Waals surface area contributed by atoms with Gasteiger partial charge in [0, 0.05) is 30.4 Å². The van der Waals surface area contributed by atoms with E-state index >= 15 is 0 Å². The molecule has 8 nitrogen and oxygen atoms in total. The van der Waals surface area contributed by atoms with Gasteiger partial charge in [0.15, 0.2) is 0 Å². The van der Waals surface area contributed by atoms with Crippen LogP contribution in [0.25, 0.3) is 11.4 Å². The van der Waals surface area contributed by atoms with Crippen molar-refractivity contribution < 1.29 is 23.1 Å². The standard InChI is InChI=1S/C18H22N6S.C2HF3O2/c1-14-20-10-16(25-14)12-23-8-5-15(6-9-23)11-24-13-18(21-22-24)17-4-2-3-7-19-17;3-2(4,5)1(6)7/h2-4,7,10,13,15H,5-6,8-9,11-12H2,1H3;(H,6,7). The summed E-state index contributed by atoms with van der Waals surface area (Å²) in [7, 11) is 0. The zero-order valence-electron chi connectivity index (χ0n) is 17.4. The first kappa shape index (κ1) is 23.8. The quantitative estimate of drug-likeness (QED) is 0.610. The third-order valence-corrected chi connectivity index (χ3v) is 5.81. The van der Waals surface area contributed by atoms with Crippen molar-refractivity contribution in [3.63, 3.8) is 0 Å². The van der Waals surface area contributed by atoms with Crippen LogP contribution in [0.4, 0.5) is 13.2 Å². The average Bonchev–Trinajstić information content (AvgIpc) is 3.39. The largest absolute Gasteiger partial charge is 0.490 e. The number of likely N-dealkylation sites (tertiary alicyclic amines) is 1. The number of carboxylic acid groups (broad SMARTS) is 1. The Morgan fingerprint density at radius 2 is 1.94 bits per heavy atom. The van der Waals surface area contributed by atoms with Gasteiger partial charge in [-0.3, -0.25) is 14.6 Å². The highest BCUT2D eigenvalue weighted by Crippen LogP contribution is 2.23. The van der Waals surface area contributed by atoms with Gasteiger partial charge in [0.05, 0.1) is 16.9 Å². The van der Waals surface area contributed by atoms with Gasteiger partial charge < -0.3 is 5.11 Å². The average molecular weight is 469 g/mol. The summed E-state index contributed by atoms with van der Waals surface area (Å²) in [4.78, 5) is 21.5. The molecule has 0 saturated carbocycles. The normalized spacial score (nSPS) is 15.2. The molecule has 12 heteroatoms. The number of hydrogen-bond acceptors (Lipinski definition) is 7. The van der Waals surface area contributed by atoms with E-state index in [1.807, 2.05) is 35.3 Å². The zero-order valence-corrected chi connectivity index (χ0v) is 18.2. The van der Waals surface area contributed by atoms with Gasteiger partial charge in [-0.05, 0) is 50.9 Å². The lowest BCUT2D eigenvalue weighted by molar-refractivity contribution is -0.192. The van der Waals surface area contributed by atoms with Crippen LogP contribution in [0.1, 0.15) is 22.7 Å². The van der Waals surface area contributed by atoms with E-state index in [9.17, 15) is 13.2 Å². The summed E-state index contributed by atoms with van der Waals surface area (Å²) in [5.74, 6) is -2.09. The van der Waals surface area contributed by atoms with E-state index < -0.39 is 12.1 Å². The molecule has 3 aromatic rings. The smallest absolute Gasteiger partial charge is 0.475 e. The Bertz CT molecular complexity index is 1000. The molecule has 1 fully saturated rings. The number of nitrogens with zero attached hydrogens (tertiary/aromatic N) is 6. The fourth-order valence-corrected chi connectivity index (χ4v) is 4.15. The van der Waals surface area contributed by atoms with Gasteiger partial charge >= 0.3 is 12.1 Å². The summed E-state index contributed by atoms with van der Waals surface area (Å²) in [6.07, 6.45) is 3.14. The number of thiazole rings is 1. The number of piperidine rings is 1. The maximum atomic E-state index is 10.6. The van der Waals surface area contributed by atoms with E-state index in [1.54, 1.807) is 17.5 Å². The highest BCUT2D eigenvalue weighted by Gasteiger charge is 2.38. The summed E-state index contributed by atoms with van der Waals surface area (Å²) < 4.78 is 33.7. The van der Waals surface area contributed by atoms with Gasteiger partial charge in [0.2, 0.25) is 0 Å². The summed E-state index contributed by atoms with van der Waals surface area (Å²) in [6, 6.07) is 5.85. The summed E-state index contributed by atoms with van der Waals surface area (Å²) in [5, 5.41) is 16.8. The number of carbonyl (C=O) groups is 1. The zero-order chi connectivity index (χ0) is 23.1. The van der Waals surface area contributed by atoms with Gasteiger partial charge in [-0.1, -0.05) is 11.3 Å². The molecule has 0 spiro atoms. The molecule has 1 aliphatic rings. The van der Waals surface area contributed by atoms with Crippen molar-refractivity contribution in [1.29, 1.82) is 0 Å². The Balaban J connectivity index is 0.000000360. The molecule has 0 unspecified atom stereocenters. The van der Waals surface area contributed by atoms with Crippen molar-refractivity contribution in [3.8, 4) is 11.4 Å². The number of carboxylic acids is 1. The highest BCUT2D eigenvalue weighted by molar-refractivity contribution is 7.11. The number of pyridine rings is 1. The van der Waals surface area contributed by atoms with Crippen LogP contribution in [0.5, 0.6) is 0 Å². The van der Waals surface area contributed by atoms with Crippen LogP contribution in [0.15, 0.2) is 36.8 Å². The van der Waals surface area contributed by atoms with Crippen LogP contribution in [0.2, 0.25) is 0 Å². The molecule has 4 rings (SSSR count). The predicted molar refractivity (Wildman–Crippen MR) is 112 cm³/mol. The lowest BCUT2D eigenvalue weighted by Gasteiger charge is -2.31. The second kappa shape index (κ2) is 10.6. The molecule has 32 heavy (non-hydrogen) atoms. The molecular weight excluding hydrogens is 445 g/mol. The van der Waals surface area contributed by atoms with Crippen molar-refractivity contribution in [2.75, 3.05) is 13.1 Å². The van der Waals surface area contributed by atoms with Crippen LogP contribution >= 0.6 is 11.3 Å². The third-order valence-electron chi connectivity index (χ3n) is 4.91. The van der Waals surface area contributed by atoms with Gasteiger partial charge in [-0.15, -0.1) is 16.4 Å². The molecule has 0 aliphatic carbocycles. The van der Waals surface area contributed by atoms with E-state index in [0.29, 0.717) is 5.92 Å². The van der Waals surface area contributed by atoms with Crippen molar-refractivity contribution >= 4 is 17.3 Å². The molecule has 1 saturated heterocycles. The Morgan fingerprint density at radius 1 is 1.22 bits per heavy atom. The van der Waals surface area contributed by atoms with Gasteiger partial charge in [0.25, 0.3) is 0 Å². The van der Waals surface area contributed by atoms with Crippen LogP contribution < -0.4 is 0 Å². The van der Waals surface area contributed by atoms with Crippen molar-refractivity contribution in [3.05, 3.63) is 46.7 Å². The van der Waals surface area contributed by atoms with E-state index in [0.717, 1.165) is 42.6 Å². The number of aliphatic carboxylic acids is 1. The molecule has 4 heterocycles. The molecule has 0 radical (unpaired) electrons. The molecule has 0 atom stereocenters. The summed E-state index contributed by atoms with van der Waals surface area (Å²) in [5.41, 5.74) is 1.72. The van der Waals surface area contributed by atoms with E-state index in [1.165, 1.54) is 17.7 Å². The first-order valence-electron chi connectivity index (χ1n) is 9.96. The summed E-state index contributed by atoms with van der Waals surface area (Å²) >= 11 is 1.80.